The maximum atomic E-state index is 11.8. The Hall–Kier alpha value is -1.00. The summed E-state index contributed by atoms with van der Waals surface area (Å²) in [6, 6.07) is 2.08. The molecule has 0 spiro atoms. The lowest BCUT2D eigenvalue weighted by Crippen LogP contribution is -2.27. The minimum Gasteiger partial charge on any atom is -0.328 e. The van der Waals surface area contributed by atoms with E-state index in [0.29, 0.717) is 0 Å². The number of hydrogen-bond donors (Lipinski definition) is 2. The summed E-state index contributed by atoms with van der Waals surface area (Å²) in [6.07, 6.45) is 0.974. The van der Waals surface area contributed by atoms with Gasteiger partial charge in [0.05, 0.1) is 4.90 Å². The highest BCUT2D eigenvalue weighted by Crippen LogP contribution is 2.29. The largest absolute Gasteiger partial charge is 0.441 e. The number of H-pyrrole nitrogens is 1. The number of alkyl halides is 3. The van der Waals surface area contributed by atoms with Gasteiger partial charge in [0, 0.05) is 24.6 Å². The standard InChI is InChI=1S/C8H9F3N2O3S2/c9-8(10,11)17-4-3-13-18(15,16)6-1-2-7(14)12-5-6/h1-2,5,13H,3-4H2,(H,12,14). The van der Waals surface area contributed by atoms with Crippen molar-refractivity contribution in [1.29, 1.82) is 0 Å². The highest BCUT2D eigenvalue weighted by atomic mass is 32.2. The maximum Gasteiger partial charge on any atom is 0.441 e. The van der Waals surface area contributed by atoms with Gasteiger partial charge in [0.15, 0.2) is 0 Å². The van der Waals surface area contributed by atoms with E-state index in [1.54, 1.807) is 0 Å². The van der Waals surface area contributed by atoms with Crippen LogP contribution in [0.4, 0.5) is 13.2 Å². The molecule has 1 rings (SSSR count). The van der Waals surface area contributed by atoms with Gasteiger partial charge in [-0.2, -0.15) is 13.2 Å². The van der Waals surface area contributed by atoms with Crippen LogP contribution in [-0.2, 0) is 10.0 Å². The van der Waals surface area contributed by atoms with E-state index in [2.05, 4.69) is 4.98 Å². The maximum absolute atomic E-state index is 11.8. The first-order valence-electron chi connectivity index (χ1n) is 4.60. The molecule has 0 bridgehead atoms. The summed E-state index contributed by atoms with van der Waals surface area (Å²) in [6.45, 7) is -0.356. The summed E-state index contributed by atoms with van der Waals surface area (Å²) in [5, 5.41) is 0. The molecule has 1 aromatic rings. The Balaban J connectivity index is 2.56. The van der Waals surface area contributed by atoms with E-state index in [1.165, 1.54) is 0 Å². The molecule has 0 atom stereocenters. The molecule has 18 heavy (non-hydrogen) atoms. The van der Waals surface area contributed by atoms with Gasteiger partial charge in [0.2, 0.25) is 15.6 Å². The monoisotopic (exact) mass is 302 g/mol. The zero-order valence-corrected chi connectivity index (χ0v) is 10.5. The van der Waals surface area contributed by atoms with Crippen LogP contribution in [-0.4, -0.2) is 31.2 Å². The molecule has 0 aliphatic heterocycles. The number of nitrogens with one attached hydrogen (secondary N) is 2. The van der Waals surface area contributed by atoms with Crippen LogP contribution in [0.5, 0.6) is 0 Å². The van der Waals surface area contributed by atoms with Crippen LogP contribution in [0.1, 0.15) is 0 Å². The average molecular weight is 302 g/mol. The number of sulfonamides is 1. The normalized spacial score (nSPS) is 12.6. The third-order valence-electron chi connectivity index (χ3n) is 1.73. The zero-order chi connectivity index (χ0) is 13.8. The van der Waals surface area contributed by atoms with Crippen molar-refractivity contribution in [2.24, 2.45) is 0 Å². The van der Waals surface area contributed by atoms with E-state index in [-0.39, 0.29) is 23.2 Å². The molecule has 0 fully saturated rings. The van der Waals surface area contributed by atoms with Crippen molar-refractivity contribution in [2.75, 3.05) is 12.3 Å². The number of rotatable bonds is 5. The van der Waals surface area contributed by atoms with Crippen LogP contribution >= 0.6 is 11.8 Å². The number of aromatic amines is 1. The Morgan fingerprint density at radius 2 is 2.00 bits per heavy atom. The molecule has 1 aromatic heterocycles. The van der Waals surface area contributed by atoms with Gasteiger partial charge in [-0.1, -0.05) is 0 Å². The van der Waals surface area contributed by atoms with Crippen molar-refractivity contribution in [3.8, 4) is 0 Å². The molecular weight excluding hydrogens is 293 g/mol. The molecule has 102 valence electrons. The second-order valence-electron chi connectivity index (χ2n) is 3.08. The van der Waals surface area contributed by atoms with Crippen LogP contribution < -0.4 is 10.3 Å². The molecule has 1 heterocycles. The van der Waals surface area contributed by atoms with Gasteiger partial charge >= 0.3 is 5.51 Å². The predicted molar refractivity (Wildman–Crippen MR) is 60.8 cm³/mol. The van der Waals surface area contributed by atoms with Crippen LogP contribution in [0.15, 0.2) is 28.0 Å². The lowest BCUT2D eigenvalue weighted by Gasteiger charge is -2.07. The molecule has 0 aliphatic carbocycles. The summed E-state index contributed by atoms with van der Waals surface area (Å²) in [4.78, 5) is 12.7. The van der Waals surface area contributed by atoms with Crippen molar-refractivity contribution >= 4 is 21.8 Å². The fraction of sp³-hybridized carbons (Fsp3) is 0.375. The van der Waals surface area contributed by atoms with Crippen molar-refractivity contribution in [1.82, 2.24) is 9.71 Å². The molecule has 0 aliphatic rings. The highest BCUT2D eigenvalue weighted by molar-refractivity contribution is 8.00. The Morgan fingerprint density at radius 1 is 1.33 bits per heavy atom. The number of pyridine rings is 1. The summed E-state index contributed by atoms with van der Waals surface area (Å²) < 4.78 is 60.5. The Labute approximate surface area is 105 Å². The lowest BCUT2D eigenvalue weighted by atomic mass is 10.5. The van der Waals surface area contributed by atoms with Gasteiger partial charge in [-0.3, -0.25) is 4.79 Å². The predicted octanol–water partition coefficient (Wildman–Crippen LogP) is 0.906. The van der Waals surface area contributed by atoms with E-state index in [9.17, 15) is 26.4 Å². The Morgan fingerprint density at radius 3 is 2.50 bits per heavy atom. The topological polar surface area (TPSA) is 79.0 Å². The third-order valence-corrected chi connectivity index (χ3v) is 3.92. The van der Waals surface area contributed by atoms with Crippen LogP contribution in [0.2, 0.25) is 0 Å². The SMILES string of the molecule is O=c1ccc(S(=O)(=O)NCCSC(F)(F)F)c[nH]1. The molecule has 10 heteroatoms. The molecule has 2 N–H and O–H groups in total. The van der Waals surface area contributed by atoms with Crippen molar-refractivity contribution in [3.05, 3.63) is 28.7 Å². The Bertz CT molecular complexity index is 533. The van der Waals surface area contributed by atoms with Crippen molar-refractivity contribution < 1.29 is 21.6 Å². The highest BCUT2D eigenvalue weighted by Gasteiger charge is 2.27. The summed E-state index contributed by atoms with van der Waals surface area (Å²) in [5.41, 5.74) is -4.86. The molecular formula is C8H9F3N2O3S2. The number of aromatic nitrogens is 1. The third kappa shape index (κ3) is 5.10. The minimum absolute atomic E-state index is 0.209. The van der Waals surface area contributed by atoms with Crippen LogP contribution in [0.3, 0.4) is 0 Å². The van der Waals surface area contributed by atoms with Gasteiger partial charge in [-0.15, -0.1) is 0 Å². The molecule has 0 saturated heterocycles. The molecule has 0 amide bonds. The van der Waals surface area contributed by atoms with Crippen LogP contribution in [0.25, 0.3) is 0 Å². The molecule has 0 saturated carbocycles. The molecule has 0 aromatic carbocycles. The lowest BCUT2D eigenvalue weighted by molar-refractivity contribution is -0.0327. The van der Waals surface area contributed by atoms with Gasteiger partial charge in [-0.25, -0.2) is 13.1 Å². The second-order valence-corrected chi connectivity index (χ2v) is 6.01. The second kappa shape index (κ2) is 5.76. The van der Waals surface area contributed by atoms with E-state index in [0.717, 1.165) is 18.3 Å². The first-order chi connectivity index (χ1) is 8.21. The van der Waals surface area contributed by atoms with Gasteiger partial charge < -0.3 is 4.98 Å². The first kappa shape index (κ1) is 15.1. The van der Waals surface area contributed by atoms with Crippen LogP contribution in [0, 0.1) is 0 Å². The number of thioether (sulfide) groups is 1. The summed E-state index contributed by atoms with van der Waals surface area (Å²) in [7, 11) is -3.90. The zero-order valence-electron chi connectivity index (χ0n) is 8.82. The van der Waals surface area contributed by atoms with Gasteiger partial charge in [0.1, 0.15) is 0 Å². The summed E-state index contributed by atoms with van der Waals surface area (Å²) in [5.74, 6) is -0.425. The van der Waals surface area contributed by atoms with E-state index in [1.807, 2.05) is 4.72 Å². The molecule has 5 nitrogen and oxygen atoms in total. The van der Waals surface area contributed by atoms with Crippen molar-refractivity contribution in [3.63, 3.8) is 0 Å². The van der Waals surface area contributed by atoms with Gasteiger partial charge in [0.25, 0.3) is 0 Å². The quantitative estimate of drug-likeness (QED) is 0.792. The summed E-state index contributed by atoms with van der Waals surface area (Å²) >= 11 is -0.313. The van der Waals surface area contributed by atoms with Crippen molar-refractivity contribution in [2.45, 2.75) is 10.4 Å². The first-order valence-corrected chi connectivity index (χ1v) is 7.07. The van der Waals surface area contributed by atoms with E-state index >= 15 is 0 Å². The van der Waals surface area contributed by atoms with E-state index < -0.39 is 26.8 Å². The smallest absolute Gasteiger partial charge is 0.328 e. The number of halogens is 3. The Kier molecular flexibility index (Phi) is 4.82. The van der Waals surface area contributed by atoms with E-state index in [4.69, 9.17) is 0 Å². The average Bonchev–Trinajstić information content (AvgIpc) is 2.24. The number of hydrogen-bond acceptors (Lipinski definition) is 4. The minimum atomic E-state index is -4.39. The fourth-order valence-electron chi connectivity index (χ4n) is 0.990. The van der Waals surface area contributed by atoms with Gasteiger partial charge in [-0.05, 0) is 17.8 Å². The molecule has 0 radical (unpaired) electrons. The molecule has 0 unspecified atom stereocenters. The fourth-order valence-corrected chi connectivity index (χ4v) is 2.55.